The minimum atomic E-state index is 0.351. The van der Waals surface area contributed by atoms with Crippen LogP contribution >= 0.6 is 0 Å². The lowest BCUT2D eigenvalue weighted by molar-refractivity contribution is 0.464. The highest BCUT2D eigenvalue weighted by Gasteiger charge is 2.30. The van der Waals surface area contributed by atoms with Gasteiger partial charge in [0.1, 0.15) is 0 Å². The first-order valence-electron chi connectivity index (χ1n) is 7.20. The van der Waals surface area contributed by atoms with Gasteiger partial charge in [-0.2, -0.15) is 0 Å². The fourth-order valence-corrected chi connectivity index (χ4v) is 2.64. The number of benzene rings is 1. The van der Waals surface area contributed by atoms with Crippen molar-refractivity contribution in [2.24, 2.45) is 0 Å². The molecule has 1 unspecified atom stereocenters. The summed E-state index contributed by atoms with van der Waals surface area (Å²) in [6.45, 7) is 5.90. The zero-order valence-electron chi connectivity index (χ0n) is 12.0. The van der Waals surface area contributed by atoms with Crippen LogP contribution < -0.4 is 10.2 Å². The molecule has 0 saturated carbocycles. The molecule has 106 valence electrons. The topological polar surface area (TPSA) is 54.2 Å². The van der Waals surface area contributed by atoms with Crippen molar-refractivity contribution >= 4 is 11.7 Å². The van der Waals surface area contributed by atoms with Crippen molar-refractivity contribution in [3.63, 3.8) is 0 Å². The van der Waals surface area contributed by atoms with Crippen LogP contribution in [-0.2, 0) is 13.0 Å². The van der Waals surface area contributed by atoms with Gasteiger partial charge in [-0.05, 0) is 37.9 Å². The van der Waals surface area contributed by atoms with Crippen molar-refractivity contribution < 1.29 is 4.42 Å². The highest BCUT2D eigenvalue weighted by atomic mass is 16.4. The second-order valence-corrected chi connectivity index (χ2v) is 5.21. The summed E-state index contributed by atoms with van der Waals surface area (Å²) in [6.07, 6.45) is 2.11. The molecule has 0 bridgehead atoms. The van der Waals surface area contributed by atoms with E-state index in [9.17, 15) is 0 Å². The third-order valence-corrected chi connectivity index (χ3v) is 3.57. The number of nitrogens with zero attached hydrogens (tertiary/aromatic N) is 3. The smallest absolute Gasteiger partial charge is 0.323 e. The SMILES string of the molecule is CCCNCc1nnc(N2c3ccccc3CC2C)o1. The van der Waals surface area contributed by atoms with Crippen molar-refractivity contribution in [2.75, 3.05) is 11.4 Å². The van der Waals surface area contributed by atoms with Gasteiger partial charge in [-0.1, -0.05) is 30.2 Å². The minimum Gasteiger partial charge on any atom is -0.406 e. The van der Waals surface area contributed by atoms with Crippen LogP contribution in [0.15, 0.2) is 28.7 Å². The summed E-state index contributed by atoms with van der Waals surface area (Å²) in [5.74, 6) is 0.644. The van der Waals surface area contributed by atoms with Gasteiger partial charge >= 0.3 is 6.01 Å². The lowest BCUT2D eigenvalue weighted by Gasteiger charge is -2.19. The van der Waals surface area contributed by atoms with E-state index in [0.717, 1.165) is 19.4 Å². The van der Waals surface area contributed by atoms with Gasteiger partial charge in [0, 0.05) is 11.7 Å². The highest BCUT2D eigenvalue weighted by molar-refractivity contribution is 5.65. The first-order chi connectivity index (χ1) is 9.79. The summed E-state index contributed by atoms with van der Waals surface area (Å²) in [7, 11) is 0. The van der Waals surface area contributed by atoms with Crippen molar-refractivity contribution in [3.05, 3.63) is 35.7 Å². The molecule has 0 spiro atoms. The molecule has 1 aromatic heterocycles. The summed E-state index contributed by atoms with van der Waals surface area (Å²) in [4.78, 5) is 2.13. The van der Waals surface area contributed by atoms with Crippen molar-refractivity contribution in [1.29, 1.82) is 0 Å². The number of nitrogens with one attached hydrogen (secondary N) is 1. The third kappa shape index (κ3) is 2.41. The molecule has 3 rings (SSSR count). The van der Waals surface area contributed by atoms with Gasteiger partial charge in [-0.3, -0.25) is 4.90 Å². The van der Waals surface area contributed by atoms with Gasteiger partial charge in [0.05, 0.1) is 6.54 Å². The summed E-state index contributed by atoms with van der Waals surface area (Å²) < 4.78 is 5.78. The molecule has 5 nitrogen and oxygen atoms in total. The molecule has 1 N–H and O–H groups in total. The van der Waals surface area contributed by atoms with E-state index in [1.54, 1.807) is 0 Å². The normalized spacial score (nSPS) is 17.5. The number of rotatable bonds is 5. The standard InChI is InChI=1S/C15H20N4O/c1-3-8-16-10-14-17-18-15(20-14)19-11(2)9-12-6-4-5-7-13(12)19/h4-7,11,16H,3,8-10H2,1-2H3. The number of hydrogen-bond donors (Lipinski definition) is 1. The number of anilines is 2. The number of hydrogen-bond acceptors (Lipinski definition) is 5. The summed E-state index contributed by atoms with van der Waals surface area (Å²) in [5, 5.41) is 11.6. The van der Waals surface area contributed by atoms with Crippen LogP contribution in [0.25, 0.3) is 0 Å². The first kappa shape index (κ1) is 13.1. The molecule has 5 heteroatoms. The van der Waals surface area contributed by atoms with Crippen LogP contribution in [0.4, 0.5) is 11.7 Å². The van der Waals surface area contributed by atoms with Gasteiger partial charge < -0.3 is 9.73 Å². The molecule has 2 aromatic rings. The van der Waals surface area contributed by atoms with Crippen LogP contribution in [-0.4, -0.2) is 22.8 Å². The molecule has 0 amide bonds. The Morgan fingerprint density at radius 1 is 1.35 bits per heavy atom. The molecule has 1 atom stereocenters. The van der Waals surface area contributed by atoms with E-state index in [2.05, 4.69) is 52.5 Å². The lowest BCUT2D eigenvalue weighted by Crippen LogP contribution is -2.24. The average Bonchev–Trinajstić information content (AvgIpc) is 3.02. The van der Waals surface area contributed by atoms with Gasteiger partial charge in [0.2, 0.25) is 5.89 Å². The van der Waals surface area contributed by atoms with Gasteiger partial charge in [0.15, 0.2) is 0 Å². The van der Waals surface area contributed by atoms with Crippen molar-refractivity contribution in [1.82, 2.24) is 15.5 Å². The van der Waals surface area contributed by atoms with E-state index in [4.69, 9.17) is 4.42 Å². The van der Waals surface area contributed by atoms with Gasteiger partial charge in [-0.25, -0.2) is 0 Å². The van der Waals surface area contributed by atoms with Crippen LogP contribution in [0.2, 0.25) is 0 Å². The molecule has 20 heavy (non-hydrogen) atoms. The minimum absolute atomic E-state index is 0.351. The van der Waals surface area contributed by atoms with Crippen LogP contribution in [0.5, 0.6) is 0 Å². The predicted octanol–water partition coefficient (Wildman–Crippen LogP) is 2.65. The Hall–Kier alpha value is -1.88. The molecular formula is C15H20N4O. The maximum atomic E-state index is 5.78. The van der Waals surface area contributed by atoms with E-state index in [-0.39, 0.29) is 0 Å². The molecule has 0 radical (unpaired) electrons. The quantitative estimate of drug-likeness (QED) is 0.848. The summed E-state index contributed by atoms with van der Waals surface area (Å²) in [5.41, 5.74) is 2.51. The Kier molecular flexibility index (Phi) is 3.69. The predicted molar refractivity (Wildman–Crippen MR) is 78.0 cm³/mol. The van der Waals surface area contributed by atoms with Crippen LogP contribution in [0.1, 0.15) is 31.7 Å². The van der Waals surface area contributed by atoms with Crippen LogP contribution in [0.3, 0.4) is 0 Å². The van der Waals surface area contributed by atoms with E-state index in [1.807, 2.05) is 6.07 Å². The van der Waals surface area contributed by atoms with Gasteiger partial charge in [-0.15, -0.1) is 5.10 Å². The molecule has 2 heterocycles. The fourth-order valence-electron chi connectivity index (χ4n) is 2.64. The molecular weight excluding hydrogens is 252 g/mol. The number of aromatic nitrogens is 2. The zero-order chi connectivity index (χ0) is 13.9. The van der Waals surface area contributed by atoms with E-state index in [1.165, 1.54) is 11.3 Å². The van der Waals surface area contributed by atoms with Gasteiger partial charge in [0.25, 0.3) is 0 Å². The molecule has 1 aliphatic heterocycles. The van der Waals surface area contributed by atoms with E-state index >= 15 is 0 Å². The number of para-hydroxylation sites is 1. The zero-order valence-corrected chi connectivity index (χ0v) is 12.0. The Balaban J connectivity index is 1.79. The molecule has 1 aliphatic rings. The Morgan fingerprint density at radius 3 is 3.05 bits per heavy atom. The van der Waals surface area contributed by atoms with Crippen molar-refractivity contribution in [2.45, 2.75) is 39.3 Å². The molecule has 0 fully saturated rings. The Bertz CT molecular complexity index is 581. The Morgan fingerprint density at radius 2 is 2.20 bits per heavy atom. The second-order valence-electron chi connectivity index (χ2n) is 5.21. The molecule has 0 saturated heterocycles. The van der Waals surface area contributed by atoms with Crippen LogP contribution in [0, 0.1) is 0 Å². The Labute approximate surface area is 119 Å². The lowest BCUT2D eigenvalue weighted by atomic mass is 10.1. The summed E-state index contributed by atoms with van der Waals surface area (Å²) in [6, 6.07) is 9.33. The molecule has 0 aliphatic carbocycles. The highest BCUT2D eigenvalue weighted by Crippen LogP contribution is 2.37. The number of fused-ring (bicyclic) bond motifs is 1. The second kappa shape index (κ2) is 5.63. The van der Waals surface area contributed by atoms with Crippen molar-refractivity contribution in [3.8, 4) is 0 Å². The maximum absolute atomic E-state index is 5.78. The molecule has 1 aromatic carbocycles. The fraction of sp³-hybridized carbons (Fsp3) is 0.467. The first-order valence-corrected chi connectivity index (χ1v) is 7.20. The largest absolute Gasteiger partial charge is 0.406 e. The monoisotopic (exact) mass is 272 g/mol. The maximum Gasteiger partial charge on any atom is 0.323 e. The van der Waals surface area contributed by atoms with E-state index < -0.39 is 0 Å². The summed E-state index contributed by atoms with van der Waals surface area (Å²) >= 11 is 0. The average molecular weight is 272 g/mol. The van der Waals surface area contributed by atoms with E-state index in [0.29, 0.717) is 24.5 Å². The third-order valence-electron chi connectivity index (χ3n) is 3.57.